The quantitative estimate of drug-likeness (QED) is 0.461. The number of aryl methyl sites for hydroxylation is 2. The fourth-order valence-electron chi connectivity index (χ4n) is 2.49. The van der Waals surface area contributed by atoms with Crippen LogP contribution in [-0.2, 0) is 0 Å². The van der Waals surface area contributed by atoms with Crippen LogP contribution in [0, 0.1) is 13.8 Å². The summed E-state index contributed by atoms with van der Waals surface area (Å²) in [6.07, 6.45) is 3.36. The molecule has 3 aromatic rings. The van der Waals surface area contributed by atoms with E-state index in [4.69, 9.17) is 4.74 Å². The molecule has 0 bridgehead atoms. The fourth-order valence-corrected chi connectivity index (χ4v) is 3.48. The Labute approximate surface area is 151 Å². The molecular formula is C21H19NO2S. The molecule has 0 saturated heterocycles. The number of carbonyl (C=O) groups is 1. The minimum absolute atomic E-state index is 0.0423. The Morgan fingerprint density at radius 3 is 2.52 bits per heavy atom. The average Bonchev–Trinajstić information content (AvgIpc) is 3.02. The van der Waals surface area contributed by atoms with Crippen LogP contribution in [-0.4, -0.2) is 17.9 Å². The molecule has 0 N–H and O–H groups in total. The molecule has 0 unspecified atom stereocenters. The van der Waals surface area contributed by atoms with E-state index in [1.807, 2.05) is 43.3 Å². The van der Waals surface area contributed by atoms with Gasteiger partial charge in [0.2, 0.25) is 0 Å². The Morgan fingerprint density at radius 1 is 1.08 bits per heavy atom. The molecule has 0 fully saturated rings. The Balaban J connectivity index is 1.85. The largest absolute Gasteiger partial charge is 0.496 e. The first-order valence-electron chi connectivity index (χ1n) is 7.98. The molecule has 126 valence electrons. The molecule has 3 nitrogen and oxygen atoms in total. The van der Waals surface area contributed by atoms with Crippen molar-refractivity contribution in [2.45, 2.75) is 13.8 Å². The Hall–Kier alpha value is -2.72. The number of rotatable bonds is 5. The predicted molar refractivity (Wildman–Crippen MR) is 103 cm³/mol. The monoisotopic (exact) mass is 349 g/mol. The number of ketones is 1. The van der Waals surface area contributed by atoms with Gasteiger partial charge in [0.15, 0.2) is 5.78 Å². The summed E-state index contributed by atoms with van der Waals surface area (Å²) in [5, 5.41) is 0.867. The second kappa shape index (κ2) is 7.45. The molecule has 1 aromatic heterocycles. The summed E-state index contributed by atoms with van der Waals surface area (Å²) in [5.74, 6) is 0.701. The minimum atomic E-state index is -0.0423. The van der Waals surface area contributed by atoms with E-state index in [-0.39, 0.29) is 5.78 Å². The van der Waals surface area contributed by atoms with Gasteiger partial charge in [-0.3, -0.25) is 4.79 Å². The lowest BCUT2D eigenvalue weighted by Crippen LogP contribution is -1.93. The summed E-state index contributed by atoms with van der Waals surface area (Å²) in [6.45, 7) is 3.92. The Kier molecular flexibility index (Phi) is 5.10. The van der Waals surface area contributed by atoms with Crippen LogP contribution in [0.5, 0.6) is 5.75 Å². The maximum atomic E-state index is 12.6. The first-order chi connectivity index (χ1) is 12.1. The highest BCUT2D eigenvalue weighted by Crippen LogP contribution is 2.29. The van der Waals surface area contributed by atoms with Gasteiger partial charge in [-0.2, -0.15) is 0 Å². The lowest BCUT2D eigenvalue weighted by molar-refractivity contribution is 0.105. The summed E-state index contributed by atoms with van der Waals surface area (Å²) < 4.78 is 5.31. The highest BCUT2D eigenvalue weighted by Gasteiger charge is 2.14. The normalized spacial score (nSPS) is 11.0. The van der Waals surface area contributed by atoms with Crippen LogP contribution in [0.4, 0.5) is 0 Å². The van der Waals surface area contributed by atoms with Gasteiger partial charge in [-0.15, -0.1) is 11.3 Å². The summed E-state index contributed by atoms with van der Waals surface area (Å²) >= 11 is 1.43. The van der Waals surface area contributed by atoms with Crippen LogP contribution in [0.25, 0.3) is 16.6 Å². The van der Waals surface area contributed by atoms with E-state index in [0.717, 1.165) is 27.6 Å². The molecule has 0 aliphatic carbocycles. The van der Waals surface area contributed by atoms with Crippen molar-refractivity contribution in [2.75, 3.05) is 7.11 Å². The molecule has 0 spiro atoms. The van der Waals surface area contributed by atoms with Crippen LogP contribution in [0.3, 0.4) is 0 Å². The van der Waals surface area contributed by atoms with Crippen molar-refractivity contribution >= 4 is 23.2 Å². The van der Waals surface area contributed by atoms with Gasteiger partial charge < -0.3 is 4.74 Å². The topological polar surface area (TPSA) is 39.2 Å². The van der Waals surface area contributed by atoms with Gasteiger partial charge in [0.05, 0.1) is 17.7 Å². The highest BCUT2D eigenvalue weighted by atomic mass is 32.1. The third-order valence-electron chi connectivity index (χ3n) is 3.87. The highest BCUT2D eigenvalue weighted by molar-refractivity contribution is 7.17. The number of ether oxygens (including phenoxy) is 1. The fraction of sp³-hybridized carbons (Fsp3) is 0.143. The zero-order chi connectivity index (χ0) is 17.8. The molecule has 0 aliphatic heterocycles. The zero-order valence-electron chi connectivity index (χ0n) is 14.4. The molecular weight excluding hydrogens is 330 g/mol. The first kappa shape index (κ1) is 17.1. The standard InChI is InChI=1S/C21H19NO2S/c1-14-8-10-17(11-9-14)21-22-15(2)20(25-21)18(23)13-12-16-6-4-5-7-19(16)24-3/h4-13H,1-3H3/b13-12+. The van der Waals surface area contributed by atoms with Crippen LogP contribution in [0.1, 0.15) is 26.5 Å². The predicted octanol–water partition coefficient (Wildman–Crippen LogP) is 5.33. The third kappa shape index (κ3) is 3.86. The SMILES string of the molecule is COc1ccccc1/C=C/C(=O)c1sc(-c2ccc(C)cc2)nc1C. The molecule has 0 aliphatic rings. The number of para-hydroxylation sites is 1. The summed E-state index contributed by atoms with van der Waals surface area (Å²) in [5.41, 5.74) is 3.87. The van der Waals surface area contributed by atoms with Gasteiger partial charge in [-0.1, -0.05) is 48.0 Å². The molecule has 4 heteroatoms. The van der Waals surface area contributed by atoms with Crippen LogP contribution in [0.15, 0.2) is 54.6 Å². The van der Waals surface area contributed by atoms with Crippen molar-refractivity contribution in [1.82, 2.24) is 4.98 Å². The number of hydrogen-bond donors (Lipinski definition) is 0. The minimum Gasteiger partial charge on any atom is -0.496 e. The van der Waals surface area contributed by atoms with Crippen molar-refractivity contribution in [3.05, 3.63) is 76.3 Å². The lowest BCUT2D eigenvalue weighted by Gasteiger charge is -2.02. The smallest absolute Gasteiger partial charge is 0.197 e. The van der Waals surface area contributed by atoms with Crippen LogP contribution < -0.4 is 4.74 Å². The molecule has 0 radical (unpaired) electrons. The van der Waals surface area contributed by atoms with E-state index >= 15 is 0 Å². The van der Waals surface area contributed by atoms with Gasteiger partial charge in [0, 0.05) is 11.1 Å². The van der Waals surface area contributed by atoms with E-state index in [0.29, 0.717) is 4.88 Å². The molecule has 25 heavy (non-hydrogen) atoms. The van der Waals surface area contributed by atoms with E-state index in [1.54, 1.807) is 19.3 Å². The van der Waals surface area contributed by atoms with Crippen molar-refractivity contribution in [2.24, 2.45) is 0 Å². The Morgan fingerprint density at radius 2 is 1.80 bits per heavy atom. The van der Waals surface area contributed by atoms with Crippen molar-refractivity contribution in [3.63, 3.8) is 0 Å². The summed E-state index contributed by atoms with van der Waals surface area (Å²) in [6, 6.07) is 15.8. The molecule has 0 amide bonds. The first-order valence-corrected chi connectivity index (χ1v) is 8.80. The maximum absolute atomic E-state index is 12.6. The molecule has 0 atom stereocenters. The molecule has 3 rings (SSSR count). The van der Waals surface area contributed by atoms with E-state index < -0.39 is 0 Å². The zero-order valence-corrected chi connectivity index (χ0v) is 15.3. The van der Waals surface area contributed by atoms with Crippen molar-refractivity contribution in [1.29, 1.82) is 0 Å². The van der Waals surface area contributed by atoms with Gasteiger partial charge in [-0.05, 0) is 32.1 Å². The number of benzene rings is 2. The van der Waals surface area contributed by atoms with Gasteiger partial charge in [-0.25, -0.2) is 4.98 Å². The number of thiazole rings is 1. The van der Waals surface area contributed by atoms with E-state index in [2.05, 4.69) is 24.0 Å². The second-order valence-electron chi connectivity index (χ2n) is 5.74. The maximum Gasteiger partial charge on any atom is 0.197 e. The van der Waals surface area contributed by atoms with E-state index in [1.165, 1.54) is 16.9 Å². The number of hydrogen-bond acceptors (Lipinski definition) is 4. The number of nitrogens with zero attached hydrogens (tertiary/aromatic N) is 1. The van der Waals surface area contributed by atoms with Crippen LogP contribution >= 0.6 is 11.3 Å². The summed E-state index contributed by atoms with van der Waals surface area (Å²) in [7, 11) is 1.62. The second-order valence-corrected chi connectivity index (χ2v) is 6.74. The van der Waals surface area contributed by atoms with Crippen molar-refractivity contribution in [3.8, 4) is 16.3 Å². The number of allylic oxidation sites excluding steroid dienone is 1. The van der Waals surface area contributed by atoms with Crippen molar-refractivity contribution < 1.29 is 9.53 Å². The molecule has 2 aromatic carbocycles. The lowest BCUT2D eigenvalue weighted by atomic mass is 10.1. The van der Waals surface area contributed by atoms with Gasteiger partial charge in [0.25, 0.3) is 0 Å². The number of aromatic nitrogens is 1. The number of methoxy groups -OCH3 is 1. The van der Waals surface area contributed by atoms with Gasteiger partial charge >= 0.3 is 0 Å². The Bertz CT molecular complexity index is 923. The van der Waals surface area contributed by atoms with E-state index in [9.17, 15) is 4.79 Å². The summed E-state index contributed by atoms with van der Waals surface area (Å²) in [4.78, 5) is 17.8. The molecule has 0 saturated carbocycles. The molecule has 1 heterocycles. The third-order valence-corrected chi connectivity index (χ3v) is 5.09. The van der Waals surface area contributed by atoms with Crippen LogP contribution in [0.2, 0.25) is 0 Å². The number of carbonyl (C=O) groups excluding carboxylic acids is 1. The average molecular weight is 349 g/mol. The van der Waals surface area contributed by atoms with Gasteiger partial charge in [0.1, 0.15) is 10.8 Å².